The van der Waals surface area contributed by atoms with Gasteiger partial charge in [-0.1, -0.05) is 44.2 Å². The standard InChI is InChI=1S/C50H51N13O9S7/c1-23(2)27-15-33(64)38-24(3)77-49(61-38)29(16-36(65)52-4)55-43(68)31-20-73-45(57-31)26-11-12-28(47-59-35(22-76-47)63-79(70,71)14-13-51)54-39(26)30-19-74-48(56-30)32-21-75-50(58-32)41(42(67)25-9-7-6-8-10-25)60-37(66)17-53-44(69)40-34(18-72-5)78-46(27)62-40/h6-12,19-23,27,29,41-42,63,67H,13-18,51H2,1-5H3,(H,52,65)(H,53,69)(H,55,68)(H,60,66)/t27-,29-,41-,42-/m0/s1. The van der Waals surface area contributed by atoms with Gasteiger partial charge in [-0.05, 0) is 30.5 Å². The fourth-order valence-electron chi connectivity index (χ4n) is 8.25. The maximum atomic E-state index is 14.3. The van der Waals surface area contributed by atoms with Crippen LogP contribution in [0.5, 0.6) is 0 Å². The van der Waals surface area contributed by atoms with Gasteiger partial charge in [0.2, 0.25) is 21.8 Å². The van der Waals surface area contributed by atoms with Crippen LogP contribution in [0.1, 0.15) is 113 Å². The zero-order chi connectivity index (χ0) is 56.1. The van der Waals surface area contributed by atoms with Gasteiger partial charge in [-0.3, -0.25) is 28.7 Å². The van der Waals surface area contributed by atoms with Crippen LogP contribution in [0.3, 0.4) is 0 Å². The number of Topliss-reactive ketones (excluding diaryl/α,β-unsaturated/α-hetero) is 1. The number of thiazole rings is 6. The molecule has 0 spiro atoms. The summed E-state index contributed by atoms with van der Waals surface area (Å²) in [7, 11) is -0.801. The lowest BCUT2D eigenvalue weighted by molar-refractivity contribution is -0.122. The zero-order valence-electron chi connectivity index (χ0n) is 42.8. The van der Waals surface area contributed by atoms with Crippen LogP contribution in [-0.4, -0.2) is 111 Å². The highest BCUT2D eigenvalue weighted by atomic mass is 32.2. The van der Waals surface area contributed by atoms with E-state index in [4.69, 9.17) is 40.4 Å². The number of rotatable bonds is 12. The number of fused-ring (bicyclic) bond motifs is 14. The molecule has 1 aliphatic rings. The van der Waals surface area contributed by atoms with Gasteiger partial charge >= 0.3 is 0 Å². The Kier molecular flexibility index (Phi) is 17.9. The molecular weight excluding hydrogens is 1150 g/mol. The fourth-order valence-corrected chi connectivity index (χ4v) is 14.7. The average Bonchev–Trinajstić information content (AvgIpc) is 4.41. The number of methoxy groups -OCH3 is 1. The van der Waals surface area contributed by atoms with Crippen molar-refractivity contribution in [3.05, 3.63) is 111 Å². The summed E-state index contributed by atoms with van der Waals surface area (Å²) in [6, 6.07) is 10.2. The first-order valence-electron chi connectivity index (χ1n) is 24.3. The van der Waals surface area contributed by atoms with Gasteiger partial charge in [0, 0.05) is 65.0 Å². The number of carbonyl (C=O) groups is 5. The molecule has 412 valence electrons. The molecule has 10 bridgehead atoms. The van der Waals surface area contributed by atoms with Gasteiger partial charge in [-0.15, -0.1) is 68.0 Å². The number of carbonyl (C=O) groups excluding carboxylic acids is 5. The topological polar surface area (TPSA) is 325 Å². The van der Waals surface area contributed by atoms with E-state index in [9.17, 15) is 37.5 Å². The number of anilines is 1. The van der Waals surface area contributed by atoms with Gasteiger partial charge < -0.3 is 36.8 Å². The van der Waals surface area contributed by atoms with Crippen LogP contribution in [-0.2, 0) is 31.0 Å². The molecule has 8 heterocycles. The van der Waals surface area contributed by atoms with Crippen LogP contribution < -0.4 is 31.7 Å². The number of pyridine rings is 1. The minimum atomic E-state index is -3.76. The third kappa shape index (κ3) is 13.2. The summed E-state index contributed by atoms with van der Waals surface area (Å²) in [5.41, 5.74) is 8.24. The molecule has 0 unspecified atom stereocenters. The minimum absolute atomic E-state index is 0.0252. The summed E-state index contributed by atoms with van der Waals surface area (Å²) >= 11 is 7.16. The van der Waals surface area contributed by atoms with Gasteiger partial charge in [0.05, 0.1) is 46.9 Å². The lowest BCUT2D eigenvalue weighted by Gasteiger charge is -2.23. The number of hydrogen-bond acceptors (Lipinski definition) is 23. The molecule has 0 saturated heterocycles. The number of ketones is 1. The first-order chi connectivity index (χ1) is 37.9. The van der Waals surface area contributed by atoms with Crippen molar-refractivity contribution in [2.45, 2.75) is 64.3 Å². The molecular formula is C50H51N13O9S7. The molecule has 0 fully saturated rings. The Hall–Kier alpha value is -6.67. The number of nitrogens with one attached hydrogen (secondary N) is 5. The SMILES string of the molecule is CNC(=O)C[C@@H]1NC(=O)c2csc(n2)-c2ccc(-c3nc(NS(=O)(=O)CCN)cs3)nc2-c2csc(n2)-c2csc(n2)[C@H]([C@@H](O)c2ccccc2)NC(=O)CNC(=O)c2nc(sc2COC)[C@H](C(C)C)CC(=O)c2nc1sc2C. The molecule has 4 atom stereocenters. The van der Waals surface area contributed by atoms with E-state index < -0.39 is 58.4 Å². The summed E-state index contributed by atoms with van der Waals surface area (Å²) in [5.74, 6) is -3.41. The van der Waals surface area contributed by atoms with Crippen molar-refractivity contribution in [1.82, 2.24) is 56.2 Å². The van der Waals surface area contributed by atoms with Crippen LogP contribution >= 0.6 is 68.0 Å². The second-order valence-corrected chi connectivity index (χ2v) is 25.8. The van der Waals surface area contributed by atoms with Crippen LogP contribution in [0.25, 0.3) is 43.4 Å². The number of benzene rings is 1. The predicted octanol–water partition coefficient (Wildman–Crippen LogP) is 6.90. The Morgan fingerprint density at radius 1 is 0.785 bits per heavy atom. The summed E-state index contributed by atoms with van der Waals surface area (Å²) in [5, 5.41) is 32.0. The third-order valence-electron chi connectivity index (χ3n) is 12.2. The number of hydrogen-bond donors (Lipinski definition) is 7. The number of nitrogens with zero attached hydrogens (tertiary/aromatic N) is 7. The summed E-state index contributed by atoms with van der Waals surface area (Å²) in [6.45, 7) is 5.07. The quantitative estimate of drug-likeness (QED) is 0.0654. The highest BCUT2D eigenvalue weighted by molar-refractivity contribution is 7.92. The average molecular weight is 1200 g/mol. The first-order valence-corrected chi connectivity index (χ1v) is 31.1. The largest absolute Gasteiger partial charge is 0.386 e. The van der Waals surface area contributed by atoms with E-state index in [1.165, 1.54) is 59.5 Å². The fraction of sp³-hybridized carbons (Fsp3) is 0.320. The molecule has 29 heteroatoms. The monoisotopic (exact) mass is 1200 g/mol. The van der Waals surface area contributed by atoms with Gasteiger partial charge in [0.15, 0.2) is 11.6 Å². The Balaban J connectivity index is 1.13. The number of ether oxygens (including phenoxy) is 1. The van der Waals surface area contributed by atoms with E-state index in [0.717, 1.165) is 22.7 Å². The van der Waals surface area contributed by atoms with Crippen molar-refractivity contribution in [1.29, 1.82) is 0 Å². The lowest BCUT2D eigenvalue weighted by atomic mass is 9.90. The second-order valence-electron chi connectivity index (χ2n) is 18.2. The number of aromatic nitrogens is 7. The van der Waals surface area contributed by atoms with Crippen molar-refractivity contribution in [3.63, 3.8) is 0 Å². The predicted molar refractivity (Wildman–Crippen MR) is 305 cm³/mol. The van der Waals surface area contributed by atoms with Crippen LogP contribution in [0.2, 0.25) is 0 Å². The summed E-state index contributed by atoms with van der Waals surface area (Å²) < 4.78 is 33.0. The Labute approximate surface area is 476 Å². The molecule has 0 saturated carbocycles. The van der Waals surface area contributed by atoms with E-state index in [1.807, 2.05) is 13.8 Å². The van der Waals surface area contributed by atoms with Crippen LogP contribution in [0.15, 0.2) is 64.0 Å². The van der Waals surface area contributed by atoms with Crippen LogP contribution in [0.4, 0.5) is 5.82 Å². The molecule has 79 heavy (non-hydrogen) atoms. The Morgan fingerprint density at radius 3 is 2.24 bits per heavy atom. The van der Waals surface area contributed by atoms with E-state index in [1.54, 1.807) is 70.9 Å². The molecule has 0 aliphatic carbocycles. The number of sulfonamides is 1. The van der Waals surface area contributed by atoms with Gasteiger partial charge in [-0.25, -0.2) is 43.3 Å². The Bertz CT molecular complexity index is 3660. The molecule has 8 N–H and O–H groups in total. The van der Waals surface area contributed by atoms with Crippen molar-refractivity contribution < 1.29 is 42.2 Å². The van der Waals surface area contributed by atoms with Crippen molar-refractivity contribution >= 4 is 113 Å². The summed E-state index contributed by atoms with van der Waals surface area (Å²) in [6.07, 6.45) is -1.51. The molecule has 22 nitrogen and oxygen atoms in total. The molecule has 0 radical (unpaired) electrons. The smallest absolute Gasteiger partial charge is 0.271 e. The summed E-state index contributed by atoms with van der Waals surface area (Å²) in [4.78, 5) is 104. The number of nitrogens with two attached hydrogens (primary N) is 1. The molecule has 9 rings (SSSR count). The Morgan fingerprint density at radius 2 is 1.49 bits per heavy atom. The zero-order valence-corrected chi connectivity index (χ0v) is 48.5. The third-order valence-corrected chi connectivity index (χ3v) is 19.3. The molecule has 8 aromatic rings. The lowest BCUT2D eigenvalue weighted by Crippen LogP contribution is -2.40. The molecule has 4 amide bonds. The number of aliphatic hydroxyl groups excluding tert-OH is 1. The van der Waals surface area contributed by atoms with Crippen LogP contribution in [0, 0.1) is 12.8 Å². The van der Waals surface area contributed by atoms with E-state index in [-0.39, 0.29) is 72.3 Å². The van der Waals surface area contributed by atoms with Crippen molar-refractivity contribution in [2.75, 3.05) is 37.7 Å². The molecule has 1 aliphatic heterocycles. The highest BCUT2D eigenvalue weighted by Gasteiger charge is 2.33. The van der Waals surface area contributed by atoms with Gasteiger partial charge in [-0.2, -0.15) is 0 Å². The second kappa shape index (κ2) is 24.8. The van der Waals surface area contributed by atoms with E-state index in [2.05, 4.69) is 31.0 Å². The maximum Gasteiger partial charge on any atom is 0.271 e. The van der Waals surface area contributed by atoms with Crippen molar-refractivity contribution in [3.8, 4) is 43.4 Å². The van der Waals surface area contributed by atoms with Crippen molar-refractivity contribution in [2.24, 2.45) is 11.7 Å². The number of aryl methyl sites for hydroxylation is 1. The van der Waals surface area contributed by atoms with Gasteiger partial charge in [0.1, 0.15) is 71.3 Å². The normalized spacial score (nSPS) is 16.9. The molecule has 7 aromatic heterocycles. The van der Waals surface area contributed by atoms with Gasteiger partial charge in [0.25, 0.3) is 11.8 Å². The minimum Gasteiger partial charge on any atom is -0.386 e. The van der Waals surface area contributed by atoms with E-state index >= 15 is 0 Å². The van der Waals surface area contributed by atoms with E-state index in [0.29, 0.717) is 73.7 Å². The number of amides is 4. The number of aliphatic hydroxyl groups is 1. The first kappa shape index (κ1) is 57.0. The molecule has 1 aromatic carbocycles. The highest BCUT2D eigenvalue weighted by Crippen LogP contribution is 2.41. The maximum absolute atomic E-state index is 14.3.